The van der Waals surface area contributed by atoms with E-state index < -0.39 is 0 Å². The third-order valence-corrected chi connectivity index (χ3v) is 3.26. The molecule has 1 aromatic carbocycles. The summed E-state index contributed by atoms with van der Waals surface area (Å²) in [6, 6.07) is 3.61. The number of amides is 1. The minimum atomic E-state index is 0.176. The number of nitrogens with zero attached hydrogens (tertiary/aromatic N) is 1. The van der Waals surface area contributed by atoms with Crippen LogP contribution in [0.2, 0.25) is 5.02 Å². The van der Waals surface area contributed by atoms with E-state index in [1.807, 2.05) is 17.9 Å². The Bertz CT molecular complexity index is 431. The van der Waals surface area contributed by atoms with Crippen molar-refractivity contribution in [2.75, 3.05) is 17.2 Å². The normalized spacial score (nSPS) is 16.6. The highest BCUT2D eigenvalue weighted by molar-refractivity contribution is 6.33. The molecule has 1 saturated heterocycles. The third-order valence-electron chi connectivity index (χ3n) is 2.93. The Morgan fingerprint density at radius 1 is 1.38 bits per heavy atom. The van der Waals surface area contributed by atoms with E-state index in [9.17, 15) is 4.79 Å². The Morgan fingerprint density at radius 3 is 2.81 bits per heavy atom. The lowest BCUT2D eigenvalue weighted by molar-refractivity contribution is -0.119. The number of piperidine rings is 1. The summed E-state index contributed by atoms with van der Waals surface area (Å²) in [5.74, 6) is 0.176. The molecule has 0 aliphatic carbocycles. The lowest BCUT2D eigenvalue weighted by atomic mass is 10.1. The van der Waals surface area contributed by atoms with E-state index in [1.165, 1.54) is 0 Å². The molecule has 86 valence electrons. The van der Waals surface area contributed by atoms with Gasteiger partial charge in [-0.05, 0) is 37.5 Å². The predicted octanol–water partition coefficient (Wildman–Crippen LogP) is 2.75. The lowest BCUT2D eigenvalue weighted by Gasteiger charge is -2.28. The second-order valence-electron chi connectivity index (χ2n) is 4.16. The summed E-state index contributed by atoms with van der Waals surface area (Å²) in [7, 11) is 0. The average Bonchev–Trinajstić information content (AvgIpc) is 2.25. The smallest absolute Gasteiger partial charge is 0.226 e. The number of anilines is 2. The minimum Gasteiger partial charge on any atom is -0.398 e. The van der Waals surface area contributed by atoms with Crippen molar-refractivity contribution < 1.29 is 4.79 Å². The molecular weight excluding hydrogens is 224 g/mol. The highest BCUT2D eigenvalue weighted by atomic mass is 35.5. The van der Waals surface area contributed by atoms with Gasteiger partial charge in [-0.15, -0.1) is 0 Å². The van der Waals surface area contributed by atoms with E-state index in [0.717, 1.165) is 30.6 Å². The Kier molecular flexibility index (Phi) is 3.06. The number of nitrogens with two attached hydrogens (primary N) is 1. The third kappa shape index (κ3) is 2.00. The number of hydrogen-bond acceptors (Lipinski definition) is 2. The van der Waals surface area contributed by atoms with Crippen LogP contribution in [0.5, 0.6) is 0 Å². The van der Waals surface area contributed by atoms with Crippen LogP contribution in [0.25, 0.3) is 0 Å². The van der Waals surface area contributed by atoms with Crippen LogP contribution in [0.15, 0.2) is 12.1 Å². The van der Waals surface area contributed by atoms with Crippen LogP contribution in [-0.4, -0.2) is 12.5 Å². The molecule has 0 unspecified atom stereocenters. The zero-order valence-electron chi connectivity index (χ0n) is 9.29. The zero-order chi connectivity index (χ0) is 11.7. The maximum absolute atomic E-state index is 11.8. The molecule has 3 nitrogen and oxygen atoms in total. The molecular formula is C12H15ClN2O. The van der Waals surface area contributed by atoms with Crippen LogP contribution in [-0.2, 0) is 4.79 Å². The second-order valence-corrected chi connectivity index (χ2v) is 4.57. The largest absolute Gasteiger partial charge is 0.398 e. The first-order valence-electron chi connectivity index (χ1n) is 5.45. The summed E-state index contributed by atoms with van der Waals surface area (Å²) in [5, 5.41) is 0.513. The first kappa shape index (κ1) is 11.3. The summed E-state index contributed by atoms with van der Waals surface area (Å²) >= 11 is 5.99. The number of aryl methyl sites for hydroxylation is 1. The van der Waals surface area contributed by atoms with Gasteiger partial charge in [0.1, 0.15) is 0 Å². The number of carbonyl (C=O) groups excluding carboxylic acids is 1. The van der Waals surface area contributed by atoms with E-state index in [1.54, 1.807) is 6.07 Å². The number of hydrogen-bond donors (Lipinski definition) is 1. The van der Waals surface area contributed by atoms with Crippen molar-refractivity contribution in [1.82, 2.24) is 0 Å². The molecule has 1 amide bonds. The molecule has 1 heterocycles. The van der Waals surface area contributed by atoms with E-state index >= 15 is 0 Å². The minimum absolute atomic E-state index is 0.176. The van der Waals surface area contributed by atoms with Crippen LogP contribution < -0.4 is 10.6 Å². The van der Waals surface area contributed by atoms with E-state index in [2.05, 4.69) is 0 Å². The van der Waals surface area contributed by atoms with Crippen molar-refractivity contribution in [3.63, 3.8) is 0 Å². The van der Waals surface area contributed by atoms with E-state index in [-0.39, 0.29) is 5.91 Å². The van der Waals surface area contributed by atoms with Gasteiger partial charge >= 0.3 is 0 Å². The molecule has 1 aromatic rings. The Hall–Kier alpha value is -1.22. The monoisotopic (exact) mass is 238 g/mol. The predicted molar refractivity (Wildman–Crippen MR) is 66.8 cm³/mol. The first-order chi connectivity index (χ1) is 7.59. The Labute approximate surface area is 100 Å². The Morgan fingerprint density at radius 2 is 2.12 bits per heavy atom. The molecule has 0 aromatic heterocycles. The molecule has 1 aliphatic rings. The van der Waals surface area contributed by atoms with Crippen molar-refractivity contribution >= 4 is 28.9 Å². The maximum Gasteiger partial charge on any atom is 0.226 e. The summed E-state index contributed by atoms with van der Waals surface area (Å²) < 4.78 is 0. The van der Waals surface area contributed by atoms with Gasteiger partial charge in [0, 0.05) is 18.7 Å². The number of nitrogen functional groups attached to an aromatic ring is 1. The number of rotatable bonds is 1. The van der Waals surface area contributed by atoms with Crippen molar-refractivity contribution in [2.24, 2.45) is 0 Å². The van der Waals surface area contributed by atoms with Crippen LogP contribution in [0.3, 0.4) is 0 Å². The SMILES string of the molecule is Cc1cc(N)c(Cl)cc1N1CCCCC1=O. The highest BCUT2D eigenvalue weighted by Crippen LogP contribution is 2.31. The van der Waals surface area contributed by atoms with Gasteiger partial charge in [-0.2, -0.15) is 0 Å². The first-order valence-corrected chi connectivity index (χ1v) is 5.83. The van der Waals surface area contributed by atoms with Crippen molar-refractivity contribution in [3.8, 4) is 0 Å². The topological polar surface area (TPSA) is 46.3 Å². The summed E-state index contributed by atoms with van der Waals surface area (Å²) in [4.78, 5) is 13.6. The van der Waals surface area contributed by atoms with Crippen molar-refractivity contribution in [1.29, 1.82) is 0 Å². The molecule has 0 saturated carbocycles. The molecule has 2 N–H and O–H groups in total. The van der Waals surface area contributed by atoms with Gasteiger partial charge in [0.15, 0.2) is 0 Å². The summed E-state index contributed by atoms with van der Waals surface area (Å²) in [5.41, 5.74) is 8.17. The van der Waals surface area contributed by atoms with Crippen LogP contribution >= 0.6 is 11.6 Å². The van der Waals surface area contributed by atoms with Gasteiger partial charge in [0.25, 0.3) is 0 Å². The number of halogens is 1. The van der Waals surface area contributed by atoms with E-state index in [4.69, 9.17) is 17.3 Å². The van der Waals surface area contributed by atoms with Gasteiger partial charge in [0.05, 0.1) is 10.7 Å². The fourth-order valence-electron chi connectivity index (χ4n) is 2.04. The Balaban J connectivity index is 2.39. The average molecular weight is 239 g/mol. The van der Waals surface area contributed by atoms with Gasteiger partial charge < -0.3 is 10.6 Å². The maximum atomic E-state index is 11.8. The molecule has 1 fully saturated rings. The molecule has 4 heteroatoms. The summed E-state index contributed by atoms with van der Waals surface area (Å²) in [6.45, 7) is 2.73. The molecule has 16 heavy (non-hydrogen) atoms. The van der Waals surface area contributed by atoms with Crippen molar-refractivity contribution in [3.05, 3.63) is 22.7 Å². The zero-order valence-corrected chi connectivity index (χ0v) is 10.0. The molecule has 0 spiro atoms. The fourth-order valence-corrected chi connectivity index (χ4v) is 2.20. The highest BCUT2D eigenvalue weighted by Gasteiger charge is 2.21. The molecule has 0 radical (unpaired) electrons. The van der Waals surface area contributed by atoms with Crippen LogP contribution in [0.1, 0.15) is 24.8 Å². The molecule has 1 aliphatic heterocycles. The summed E-state index contributed by atoms with van der Waals surface area (Å²) in [6.07, 6.45) is 2.66. The van der Waals surface area contributed by atoms with Gasteiger partial charge in [0.2, 0.25) is 5.91 Å². The molecule has 2 rings (SSSR count). The van der Waals surface area contributed by atoms with Gasteiger partial charge in [-0.25, -0.2) is 0 Å². The number of benzene rings is 1. The molecule has 0 atom stereocenters. The fraction of sp³-hybridized carbons (Fsp3) is 0.417. The van der Waals surface area contributed by atoms with E-state index in [0.29, 0.717) is 17.1 Å². The van der Waals surface area contributed by atoms with Gasteiger partial charge in [-0.3, -0.25) is 4.79 Å². The molecule has 0 bridgehead atoms. The van der Waals surface area contributed by atoms with Crippen molar-refractivity contribution in [2.45, 2.75) is 26.2 Å². The van der Waals surface area contributed by atoms with Crippen LogP contribution in [0, 0.1) is 6.92 Å². The lowest BCUT2D eigenvalue weighted by Crippen LogP contribution is -2.35. The standard InChI is InChI=1S/C12H15ClN2O/c1-8-6-10(14)9(13)7-11(8)15-5-3-2-4-12(15)16/h6-7H,2-5,14H2,1H3. The van der Waals surface area contributed by atoms with Gasteiger partial charge in [-0.1, -0.05) is 11.6 Å². The second kappa shape index (κ2) is 4.34. The van der Waals surface area contributed by atoms with Crippen LogP contribution in [0.4, 0.5) is 11.4 Å². The quantitative estimate of drug-likeness (QED) is 0.765. The number of carbonyl (C=O) groups is 1.